The number of hydrogen-bond donors (Lipinski definition) is 2. The molecule has 35 heavy (non-hydrogen) atoms. The van der Waals surface area contributed by atoms with Crippen LogP contribution in [-0.4, -0.2) is 23.7 Å². The van der Waals surface area contributed by atoms with Crippen molar-refractivity contribution < 1.29 is 13.9 Å². The molecular weight excluding hydrogens is 443 g/mol. The van der Waals surface area contributed by atoms with Crippen LogP contribution in [0.15, 0.2) is 77.6 Å². The van der Waals surface area contributed by atoms with Crippen LogP contribution in [-0.2, 0) is 24.2 Å². The van der Waals surface area contributed by atoms with Crippen molar-refractivity contribution in [3.63, 3.8) is 0 Å². The van der Waals surface area contributed by atoms with E-state index in [-0.39, 0.29) is 11.3 Å². The van der Waals surface area contributed by atoms with E-state index in [1.807, 2.05) is 60.7 Å². The molecule has 5 aromatic rings. The van der Waals surface area contributed by atoms with Gasteiger partial charge in [0.25, 0.3) is 5.56 Å². The first-order chi connectivity index (χ1) is 17.1. The van der Waals surface area contributed by atoms with Gasteiger partial charge in [-0.25, -0.2) is 4.39 Å². The molecule has 178 valence electrons. The highest BCUT2D eigenvalue weighted by Gasteiger charge is 2.17. The highest BCUT2D eigenvalue weighted by Crippen LogP contribution is 2.30. The Kier molecular flexibility index (Phi) is 6.64. The quantitative estimate of drug-likeness (QED) is 0.264. The molecule has 0 unspecified atom stereocenters. The second kappa shape index (κ2) is 10.2. The van der Waals surface area contributed by atoms with Crippen LogP contribution in [0, 0.1) is 5.82 Å². The molecule has 0 saturated carbocycles. The maximum absolute atomic E-state index is 14.3. The first kappa shape index (κ1) is 22.9. The number of fused-ring (bicyclic) bond motifs is 3. The van der Waals surface area contributed by atoms with Crippen LogP contribution in [0.25, 0.3) is 21.8 Å². The summed E-state index contributed by atoms with van der Waals surface area (Å²) in [4.78, 5) is 19.8. The lowest BCUT2D eigenvalue weighted by molar-refractivity contribution is 0.118. The van der Waals surface area contributed by atoms with Gasteiger partial charge in [-0.1, -0.05) is 54.6 Å². The highest BCUT2D eigenvalue weighted by atomic mass is 19.1. The van der Waals surface area contributed by atoms with Gasteiger partial charge in [-0.2, -0.15) is 0 Å². The van der Waals surface area contributed by atoms with Crippen LogP contribution >= 0.6 is 0 Å². The van der Waals surface area contributed by atoms with E-state index >= 15 is 0 Å². The van der Waals surface area contributed by atoms with Gasteiger partial charge in [-0.05, 0) is 42.2 Å². The lowest BCUT2D eigenvalue weighted by Gasteiger charge is -2.10. The zero-order valence-electron chi connectivity index (χ0n) is 19.6. The molecule has 0 aliphatic heterocycles. The number of ether oxygens (including phenoxy) is 2. The normalized spacial score (nSPS) is 11.4. The first-order valence-electron chi connectivity index (χ1n) is 11.7. The molecular formula is C29H27FN2O3. The second-order valence-electron chi connectivity index (χ2n) is 8.62. The molecule has 5 nitrogen and oxygen atoms in total. The molecule has 0 aliphatic rings. The zero-order valence-corrected chi connectivity index (χ0v) is 19.6. The Morgan fingerprint density at radius 3 is 2.51 bits per heavy atom. The topological polar surface area (TPSA) is 67.1 Å². The summed E-state index contributed by atoms with van der Waals surface area (Å²) < 4.78 is 25.1. The molecule has 3 aromatic carbocycles. The Morgan fingerprint density at radius 1 is 0.914 bits per heavy atom. The summed E-state index contributed by atoms with van der Waals surface area (Å²) in [5.74, 6) is -0.227. The van der Waals surface area contributed by atoms with Crippen LogP contribution in [0.4, 0.5) is 4.39 Å². The average molecular weight is 471 g/mol. The third kappa shape index (κ3) is 4.84. The minimum atomic E-state index is -0.424. The van der Waals surface area contributed by atoms with Crippen LogP contribution in [0.2, 0.25) is 0 Å². The Balaban J connectivity index is 1.43. The van der Waals surface area contributed by atoms with Gasteiger partial charge in [0, 0.05) is 40.6 Å². The number of aromatic nitrogens is 2. The van der Waals surface area contributed by atoms with Crippen LogP contribution in [0.5, 0.6) is 5.75 Å². The Labute approximate surface area is 202 Å². The minimum Gasteiger partial charge on any atom is -0.494 e. The SMILES string of the molecule is COc1ccc(Cc2[nH]c(=O)c(CCCOCc3ccccc3)c3c2[nH]c2ccccc23)cc1F. The summed E-state index contributed by atoms with van der Waals surface area (Å²) in [5.41, 5.74) is 5.08. The van der Waals surface area contributed by atoms with E-state index in [2.05, 4.69) is 9.97 Å². The fourth-order valence-corrected chi connectivity index (χ4v) is 4.58. The number of aryl methyl sites for hydroxylation is 1. The van der Waals surface area contributed by atoms with Crippen molar-refractivity contribution in [1.29, 1.82) is 0 Å². The Morgan fingerprint density at radius 2 is 1.71 bits per heavy atom. The molecule has 0 amide bonds. The lowest BCUT2D eigenvalue weighted by atomic mass is 10.0. The number of rotatable bonds is 9. The van der Waals surface area contributed by atoms with Crippen LogP contribution in [0.1, 0.15) is 28.8 Å². The molecule has 2 heterocycles. The van der Waals surface area contributed by atoms with Gasteiger partial charge in [-0.15, -0.1) is 0 Å². The number of benzene rings is 3. The summed E-state index contributed by atoms with van der Waals surface area (Å²) >= 11 is 0. The van der Waals surface area contributed by atoms with Crippen molar-refractivity contribution in [2.24, 2.45) is 0 Å². The molecule has 0 bridgehead atoms. The fraction of sp³-hybridized carbons (Fsp3) is 0.207. The number of halogens is 1. The van der Waals surface area contributed by atoms with Crippen molar-refractivity contribution in [1.82, 2.24) is 9.97 Å². The van der Waals surface area contributed by atoms with Crippen molar-refractivity contribution >= 4 is 21.8 Å². The third-order valence-corrected chi connectivity index (χ3v) is 6.27. The second-order valence-corrected chi connectivity index (χ2v) is 8.62. The summed E-state index contributed by atoms with van der Waals surface area (Å²) in [5, 5.41) is 1.94. The van der Waals surface area contributed by atoms with E-state index in [0.29, 0.717) is 26.1 Å². The third-order valence-electron chi connectivity index (χ3n) is 6.27. The number of aromatic amines is 2. The van der Waals surface area contributed by atoms with Gasteiger partial charge in [0.15, 0.2) is 11.6 Å². The van der Waals surface area contributed by atoms with E-state index in [4.69, 9.17) is 9.47 Å². The molecule has 2 aromatic heterocycles. The molecule has 5 rings (SSSR count). The summed E-state index contributed by atoms with van der Waals surface area (Å²) in [6.07, 6.45) is 1.72. The smallest absolute Gasteiger partial charge is 0.252 e. The molecule has 0 radical (unpaired) electrons. The molecule has 0 aliphatic carbocycles. The molecule has 2 N–H and O–H groups in total. The van der Waals surface area contributed by atoms with E-state index in [0.717, 1.165) is 50.6 Å². The Hall–Kier alpha value is -3.90. The lowest BCUT2D eigenvalue weighted by Crippen LogP contribution is -2.16. The summed E-state index contributed by atoms with van der Waals surface area (Å²) in [6.45, 7) is 1.11. The minimum absolute atomic E-state index is 0.116. The molecule has 0 fully saturated rings. The number of methoxy groups -OCH3 is 1. The number of para-hydroxylation sites is 1. The number of hydrogen-bond acceptors (Lipinski definition) is 3. The van der Waals surface area contributed by atoms with Crippen molar-refractivity contribution in [2.75, 3.05) is 13.7 Å². The number of nitrogens with one attached hydrogen (secondary N) is 2. The monoisotopic (exact) mass is 470 g/mol. The van der Waals surface area contributed by atoms with Crippen molar-refractivity contribution in [3.05, 3.63) is 111 Å². The van der Waals surface area contributed by atoms with Crippen LogP contribution < -0.4 is 10.3 Å². The van der Waals surface area contributed by atoms with Crippen LogP contribution in [0.3, 0.4) is 0 Å². The maximum atomic E-state index is 14.3. The predicted octanol–water partition coefficient (Wildman–Crippen LogP) is 5.90. The number of pyridine rings is 1. The summed E-state index contributed by atoms with van der Waals surface area (Å²) in [7, 11) is 1.44. The molecule has 0 spiro atoms. The van der Waals surface area contributed by atoms with E-state index < -0.39 is 5.82 Å². The fourth-order valence-electron chi connectivity index (χ4n) is 4.58. The van der Waals surface area contributed by atoms with Gasteiger partial charge in [0.05, 0.1) is 19.2 Å². The maximum Gasteiger partial charge on any atom is 0.252 e. The van der Waals surface area contributed by atoms with E-state index in [1.54, 1.807) is 6.07 Å². The number of H-pyrrole nitrogens is 2. The predicted molar refractivity (Wildman–Crippen MR) is 137 cm³/mol. The standard InChI is InChI=1S/C29H27FN2O3/c1-34-26-14-13-20(16-23(26)30)17-25-28-27(21-10-5-6-12-24(21)31-28)22(29(33)32-25)11-7-15-35-18-19-8-3-2-4-9-19/h2-6,8-10,12-14,16,31H,7,11,15,17-18H2,1H3,(H,32,33). The van der Waals surface area contributed by atoms with E-state index in [9.17, 15) is 9.18 Å². The highest BCUT2D eigenvalue weighted by molar-refractivity contribution is 6.09. The molecule has 0 saturated heterocycles. The largest absolute Gasteiger partial charge is 0.494 e. The van der Waals surface area contributed by atoms with E-state index in [1.165, 1.54) is 13.2 Å². The van der Waals surface area contributed by atoms with Gasteiger partial charge >= 0.3 is 0 Å². The Bertz CT molecular complexity index is 1520. The van der Waals surface area contributed by atoms with Crippen molar-refractivity contribution in [2.45, 2.75) is 25.9 Å². The van der Waals surface area contributed by atoms with Gasteiger partial charge in [0.2, 0.25) is 0 Å². The van der Waals surface area contributed by atoms with Gasteiger partial charge in [0.1, 0.15) is 0 Å². The zero-order chi connectivity index (χ0) is 24.2. The average Bonchev–Trinajstić information content (AvgIpc) is 3.26. The molecule has 6 heteroatoms. The van der Waals surface area contributed by atoms with Gasteiger partial charge in [-0.3, -0.25) is 4.79 Å². The summed E-state index contributed by atoms with van der Waals surface area (Å²) in [6, 6.07) is 22.9. The van der Waals surface area contributed by atoms with Gasteiger partial charge < -0.3 is 19.4 Å². The first-order valence-corrected chi connectivity index (χ1v) is 11.7. The molecule has 0 atom stereocenters. The van der Waals surface area contributed by atoms with Crippen molar-refractivity contribution in [3.8, 4) is 5.75 Å².